The SMILES string of the molecule is COc1ccccc1C1CNCCN1Cc1nccn1-c1ccccc1.Cl. The number of nitrogens with one attached hydrogen (secondary N) is 1. The predicted molar refractivity (Wildman–Crippen MR) is 110 cm³/mol. The Labute approximate surface area is 166 Å². The van der Waals surface area contributed by atoms with Gasteiger partial charge in [0.25, 0.3) is 0 Å². The van der Waals surface area contributed by atoms with Crippen LogP contribution in [0.4, 0.5) is 0 Å². The summed E-state index contributed by atoms with van der Waals surface area (Å²) in [6.45, 7) is 3.67. The number of piperazine rings is 1. The van der Waals surface area contributed by atoms with Gasteiger partial charge in [0.2, 0.25) is 0 Å². The van der Waals surface area contributed by atoms with Crippen molar-refractivity contribution in [1.29, 1.82) is 0 Å². The maximum Gasteiger partial charge on any atom is 0.127 e. The molecule has 4 rings (SSSR count). The van der Waals surface area contributed by atoms with Crippen LogP contribution in [0.3, 0.4) is 0 Å². The molecule has 6 heteroatoms. The first kappa shape index (κ1) is 19.4. The quantitative estimate of drug-likeness (QED) is 0.731. The summed E-state index contributed by atoms with van der Waals surface area (Å²) in [4.78, 5) is 7.11. The van der Waals surface area contributed by atoms with E-state index in [-0.39, 0.29) is 18.4 Å². The third-order valence-electron chi connectivity index (χ3n) is 4.95. The number of halogens is 1. The van der Waals surface area contributed by atoms with E-state index in [2.05, 4.69) is 56.2 Å². The topological polar surface area (TPSA) is 42.3 Å². The maximum atomic E-state index is 5.60. The van der Waals surface area contributed by atoms with E-state index in [4.69, 9.17) is 4.74 Å². The highest BCUT2D eigenvalue weighted by Gasteiger charge is 2.27. The molecule has 5 nitrogen and oxygen atoms in total. The van der Waals surface area contributed by atoms with E-state index in [1.54, 1.807) is 7.11 Å². The van der Waals surface area contributed by atoms with Crippen molar-refractivity contribution < 1.29 is 4.74 Å². The molecule has 0 spiro atoms. The molecule has 1 aliphatic heterocycles. The van der Waals surface area contributed by atoms with Gasteiger partial charge in [-0.05, 0) is 18.2 Å². The Hall–Kier alpha value is -2.34. The van der Waals surface area contributed by atoms with Gasteiger partial charge in [0.05, 0.1) is 19.7 Å². The van der Waals surface area contributed by atoms with Gasteiger partial charge in [-0.25, -0.2) is 4.98 Å². The second kappa shape index (κ2) is 9.04. The summed E-state index contributed by atoms with van der Waals surface area (Å²) in [6, 6.07) is 18.9. The number of para-hydroxylation sites is 2. The molecule has 0 saturated carbocycles. The number of aromatic nitrogens is 2. The standard InChI is InChI=1S/C21H24N4O.ClH/c1-26-20-10-6-5-9-18(20)19-15-22-11-13-24(19)16-21-23-12-14-25(21)17-7-3-2-4-8-17;/h2-10,12,14,19,22H,11,13,15-16H2,1H3;1H. The molecule has 1 aliphatic rings. The molecule has 0 bridgehead atoms. The van der Waals surface area contributed by atoms with Crippen LogP contribution in [0.25, 0.3) is 5.69 Å². The Balaban J connectivity index is 0.00000210. The minimum atomic E-state index is 0. The molecular formula is C21H25ClN4O. The predicted octanol–water partition coefficient (Wildman–Crippen LogP) is 3.45. The molecule has 2 aromatic carbocycles. The Morgan fingerprint density at radius 2 is 1.89 bits per heavy atom. The third-order valence-corrected chi connectivity index (χ3v) is 4.95. The van der Waals surface area contributed by atoms with E-state index < -0.39 is 0 Å². The number of hydrogen-bond donors (Lipinski definition) is 1. The molecule has 0 aliphatic carbocycles. The Kier molecular flexibility index (Phi) is 6.50. The van der Waals surface area contributed by atoms with Crippen molar-refractivity contribution in [1.82, 2.24) is 19.8 Å². The summed E-state index contributed by atoms with van der Waals surface area (Å²) in [5.74, 6) is 2.00. The molecule has 0 amide bonds. The van der Waals surface area contributed by atoms with E-state index in [9.17, 15) is 0 Å². The zero-order valence-corrected chi connectivity index (χ0v) is 16.2. The average molecular weight is 385 g/mol. The van der Waals surface area contributed by atoms with Crippen molar-refractivity contribution in [2.24, 2.45) is 0 Å². The fourth-order valence-electron chi connectivity index (χ4n) is 3.64. The molecule has 0 radical (unpaired) electrons. The van der Waals surface area contributed by atoms with E-state index in [1.807, 2.05) is 30.6 Å². The number of hydrogen-bond acceptors (Lipinski definition) is 4. The Morgan fingerprint density at radius 3 is 2.70 bits per heavy atom. The zero-order valence-electron chi connectivity index (χ0n) is 15.4. The monoisotopic (exact) mass is 384 g/mol. The molecule has 1 atom stereocenters. The van der Waals surface area contributed by atoms with E-state index in [0.29, 0.717) is 0 Å². The lowest BCUT2D eigenvalue weighted by atomic mass is 10.0. The van der Waals surface area contributed by atoms with Gasteiger partial charge in [-0.3, -0.25) is 4.90 Å². The Bertz CT molecular complexity index is 852. The van der Waals surface area contributed by atoms with Gasteiger partial charge in [0.1, 0.15) is 11.6 Å². The number of benzene rings is 2. The second-order valence-corrected chi connectivity index (χ2v) is 6.48. The fraction of sp³-hybridized carbons (Fsp3) is 0.286. The smallest absolute Gasteiger partial charge is 0.127 e. The molecule has 142 valence electrons. The van der Waals surface area contributed by atoms with E-state index >= 15 is 0 Å². The van der Waals surface area contributed by atoms with Gasteiger partial charge in [-0.2, -0.15) is 0 Å². The highest BCUT2D eigenvalue weighted by atomic mass is 35.5. The zero-order chi connectivity index (χ0) is 17.8. The normalized spacial score (nSPS) is 17.3. The van der Waals surface area contributed by atoms with Crippen LogP contribution in [-0.4, -0.2) is 41.2 Å². The van der Waals surface area contributed by atoms with E-state index in [0.717, 1.165) is 43.4 Å². The van der Waals surface area contributed by atoms with Gasteiger partial charge in [-0.1, -0.05) is 36.4 Å². The number of ether oxygens (including phenoxy) is 1. The van der Waals surface area contributed by atoms with Crippen molar-refractivity contribution in [2.45, 2.75) is 12.6 Å². The van der Waals surface area contributed by atoms with Crippen LogP contribution in [0, 0.1) is 0 Å². The first-order chi connectivity index (χ1) is 12.9. The van der Waals surface area contributed by atoms with E-state index in [1.165, 1.54) is 5.56 Å². The number of rotatable bonds is 5. The van der Waals surface area contributed by atoms with Crippen LogP contribution in [0.1, 0.15) is 17.4 Å². The van der Waals surface area contributed by atoms with Crippen molar-refractivity contribution in [2.75, 3.05) is 26.7 Å². The lowest BCUT2D eigenvalue weighted by Crippen LogP contribution is -2.45. The van der Waals surface area contributed by atoms with Crippen LogP contribution in [0.15, 0.2) is 67.0 Å². The maximum absolute atomic E-state index is 5.60. The van der Waals surface area contributed by atoms with Gasteiger partial charge in [0.15, 0.2) is 0 Å². The van der Waals surface area contributed by atoms with Crippen LogP contribution >= 0.6 is 12.4 Å². The number of nitrogens with zero attached hydrogens (tertiary/aromatic N) is 3. The van der Waals surface area contributed by atoms with Gasteiger partial charge in [-0.15, -0.1) is 12.4 Å². The van der Waals surface area contributed by atoms with Crippen LogP contribution in [0.2, 0.25) is 0 Å². The molecule has 1 unspecified atom stereocenters. The number of methoxy groups -OCH3 is 1. The average Bonchev–Trinajstić information content (AvgIpc) is 3.17. The first-order valence-electron chi connectivity index (χ1n) is 9.02. The number of imidazole rings is 1. The van der Waals surface area contributed by atoms with Crippen molar-refractivity contribution >= 4 is 12.4 Å². The molecule has 1 fully saturated rings. The minimum absolute atomic E-state index is 0. The molecule has 1 saturated heterocycles. The summed E-state index contributed by atoms with van der Waals surface area (Å²) in [7, 11) is 1.74. The molecule has 1 aromatic heterocycles. The van der Waals surface area contributed by atoms with Gasteiger partial charge in [0, 0.05) is 43.3 Å². The van der Waals surface area contributed by atoms with Crippen molar-refractivity contribution in [3.8, 4) is 11.4 Å². The van der Waals surface area contributed by atoms with Crippen molar-refractivity contribution in [3.63, 3.8) is 0 Å². The summed E-state index contributed by atoms with van der Waals surface area (Å²) >= 11 is 0. The second-order valence-electron chi connectivity index (χ2n) is 6.48. The Morgan fingerprint density at radius 1 is 1.11 bits per heavy atom. The summed E-state index contributed by atoms with van der Waals surface area (Å²) < 4.78 is 7.77. The molecule has 1 N–H and O–H groups in total. The largest absolute Gasteiger partial charge is 0.496 e. The van der Waals surface area contributed by atoms with Gasteiger partial charge < -0.3 is 14.6 Å². The van der Waals surface area contributed by atoms with Crippen molar-refractivity contribution in [3.05, 3.63) is 78.4 Å². The van der Waals surface area contributed by atoms with Crippen LogP contribution in [0.5, 0.6) is 5.75 Å². The van der Waals surface area contributed by atoms with Crippen LogP contribution in [-0.2, 0) is 6.54 Å². The lowest BCUT2D eigenvalue weighted by Gasteiger charge is -2.36. The fourth-order valence-corrected chi connectivity index (χ4v) is 3.64. The highest BCUT2D eigenvalue weighted by molar-refractivity contribution is 5.85. The van der Waals surface area contributed by atoms with Crippen LogP contribution < -0.4 is 10.1 Å². The minimum Gasteiger partial charge on any atom is -0.496 e. The summed E-state index contributed by atoms with van der Waals surface area (Å²) in [5, 5.41) is 3.52. The highest BCUT2D eigenvalue weighted by Crippen LogP contribution is 2.31. The third kappa shape index (κ3) is 4.16. The lowest BCUT2D eigenvalue weighted by molar-refractivity contribution is 0.146. The molecular weight excluding hydrogens is 360 g/mol. The molecule has 27 heavy (non-hydrogen) atoms. The summed E-state index contributed by atoms with van der Waals surface area (Å²) in [5.41, 5.74) is 2.36. The molecule has 2 heterocycles. The summed E-state index contributed by atoms with van der Waals surface area (Å²) in [6.07, 6.45) is 3.91. The molecule has 3 aromatic rings. The first-order valence-corrected chi connectivity index (χ1v) is 9.02. The van der Waals surface area contributed by atoms with Gasteiger partial charge >= 0.3 is 0 Å².